The van der Waals surface area contributed by atoms with Gasteiger partial charge in [-0.3, -0.25) is 0 Å². The van der Waals surface area contributed by atoms with Crippen LogP contribution in [0.25, 0.3) is 32.0 Å². The maximum absolute atomic E-state index is 9.85. The standard InChI is InChI=1S/C29H33N5OS/c1-4-6-14-34(13-5-2)29-27-25(32-28(33-29)22-11-8-12-24(31)23(22)18-30)17-26(36-27)21-10-7-9-20(16-21)15-19(3)35/h4,7-12,16-19,30,35H,1,5-6,13-15,31H2,2-3H3. The summed E-state index contributed by atoms with van der Waals surface area (Å²) in [5, 5.41) is 17.8. The number of fused-ring (bicyclic) bond motifs is 1. The number of nitrogens with one attached hydrogen (secondary N) is 1. The number of hydrogen-bond acceptors (Lipinski definition) is 7. The van der Waals surface area contributed by atoms with Crippen LogP contribution in [0.1, 0.15) is 37.8 Å². The van der Waals surface area contributed by atoms with Crippen LogP contribution >= 0.6 is 11.3 Å². The Hall–Kier alpha value is -3.55. The normalized spacial score (nSPS) is 12.0. The van der Waals surface area contributed by atoms with E-state index in [0.29, 0.717) is 23.5 Å². The Bertz CT molecular complexity index is 1380. The predicted octanol–water partition coefficient (Wildman–Crippen LogP) is 6.32. The van der Waals surface area contributed by atoms with E-state index in [4.69, 9.17) is 21.1 Å². The number of rotatable bonds is 11. The van der Waals surface area contributed by atoms with Gasteiger partial charge in [0.25, 0.3) is 0 Å². The molecule has 6 nitrogen and oxygen atoms in total. The van der Waals surface area contributed by atoms with Crippen molar-refractivity contribution in [2.24, 2.45) is 0 Å². The Morgan fingerprint density at radius 2 is 1.97 bits per heavy atom. The minimum atomic E-state index is -0.392. The summed E-state index contributed by atoms with van der Waals surface area (Å²) in [6.07, 6.45) is 5.26. The number of thiophene rings is 1. The molecule has 0 bridgehead atoms. The fourth-order valence-corrected chi connectivity index (χ4v) is 5.47. The number of benzene rings is 2. The predicted molar refractivity (Wildman–Crippen MR) is 153 cm³/mol. The molecule has 4 rings (SSSR count). The monoisotopic (exact) mass is 499 g/mol. The fraction of sp³-hybridized carbons (Fsp3) is 0.276. The van der Waals surface area contributed by atoms with Crippen LogP contribution in [0, 0.1) is 5.41 Å². The molecule has 4 aromatic rings. The second-order valence-corrected chi connectivity index (χ2v) is 10.0. The smallest absolute Gasteiger partial charge is 0.162 e. The van der Waals surface area contributed by atoms with Crippen molar-refractivity contribution in [3.63, 3.8) is 0 Å². The number of nitrogens with zero attached hydrogens (tertiary/aromatic N) is 3. The van der Waals surface area contributed by atoms with Gasteiger partial charge in [-0.05, 0) is 49.4 Å². The molecule has 0 saturated carbocycles. The zero-order valence-corrected chi connectivity index (χ0v) is 21.7. The van der Waals surface area contributed by atoms with Crippen molar-refractivity contribution in [1.82, 2.24) is 9.97 Å². The highest BCUT2D eigenvalue weighted by Crippen LogP contribution is 2.39. The van der Waals surface area contributed by atoms with Gasteiger partial charge in [-0.1, -0.05) is 49.4 Å². The van der Waals surface area contributed by atoms with Crippen LogP contribution in [0.5, 0.6) is 0 Å². The minimum Gasteiger partial charge on any atom is -0.398 e. The summed E-state index contributed by atoms with van der Waals surface area (Å²) in [6, 6.07) is 16.0. The average Bonchev–Trinajstić information content (AvgIpc) is 3.30. The Labute approximate surface area is 216 Å². The van der Waals surface area contributed by atoms with Crippen molar-refractivity contribution in [2.75, 3.05) is 23.7 Å². The van der Waals surface area contributed by atoms with Crippen LogP contribution in [-0.4, -0.2) is 40.5 Å². The molecule has 7 heteroatoms. The van der Waals surface area contributed by atoms with Crippen molar-refractivity contribution in [3.8, 4) is 21.8 Å². The second kappa shape index (κ2) is 11.5. The molecule has 1 atom stereocenters. The third kappa shape index (κ3) is 5.48. The van der Waals surface area contributed by atoms with Crippen LogP contribution in [0.15, 0.2) is 61.2 Å². The van der Waals surface area contributed by atoms with E-state index in [2.05, 4.69) is 36.6 Å². The summed E-state index contributed by atoms with van der Waals surface area (Å²) in [5.74, 6) is 1.46. The molecule has 0 radical (unpaired) electrons. The Balaban J connectivity index is 1.92. The van der Waals surface area contributed by atoms with Gasteiger partial charge >= 0.3 is 0 Å². The highest BCUT2D eigenvalue weighted by Gasteiger charge is 2.20. The number of aromatic nitrogens is 2. The van der Waals surface area contributed by atoms with Crippen molar-refractivity contribution >= 4 is 39.3 Å². The number of anilines is 2. The zero-order valence-electron chi connectivity index (χ0n) is 20.9. The van der Waals surface area contributed by atoms with E-state index >= 15 is 0 Å². The zero-order chi connectivity index (χ0) is 25.7. The molecule has 0 aliphatic carbocycles. The van der Waals surface area contributed by atoms with Crippen LogP contribution in [0.4, 0.5) is 11.5 Å². The Kier molecular flexibility index (Phi) is 8.13. The van der Waals surface area contributed by atoms with Gasteiger partial charge in [0.2, 0.25) is 0 Å². The van der Waals surface area contributed by atoms with Gasteiger partial charge in [-0.2, -0.15) is 0 Å². The van der Waals surface area contributed by atoms with E-state index in [1.807, 2.05) is 30.3 Å². The molecule has 0 amide bonds. The maximum Gasteiger partial charge on any atom is 0.162 e. The van der Waals surface area contributed by atoms with Gasteiger partial charge in [0.15, 0.2) is 11.6 Å². The first kappa shape index (κ1) is 25.5. The third-order valence-corrected chi connectivity index (χ3v) is 7.19. The molecule has 0 aliphatic heterocycles. The first-order chi connectivity index (χ1) is 17.4. The van der Waals surface area contributed by atoms with E-state index < -0.39 is 6.10 Å². The van der Waals surface area contributed by atoms with Gasteiger partial charge in [0.1, 0.15) is 0 Å². The number of nitrogens with two attached hydrogens (primary N) is 1. The quantitative estimate of drug-likeness (QED) is 0.127. The molecule has 2 heterocycles. The molecule has 2 aromatic heterocycles. The summed E-state index contributed by atoms with van der Waals surface area (Å²) in [4.78, 5) is 13.4. The first-order valence-electron chi connectivity index (χ1n) is 12.3. The van der Waals surface area contributed by atoms with Crippen molar-refractivity contribution in [1.29, 1.82) is 5.41 Å². The highest BCUT2D eigenvalue weighted by atomic mass is 32.1. The van der Waals surface area contributed by atoms with Crippen molar-refractivity contribution in [2.45, 2.75) is 39.2 Å². The van der Waals surface area contributed by atoms with Gasteiger partial charge in [-0.25, -0.2) is 9.97 Å². The molecule has 2 aromatic carbocycles. The lowest BCUT2D eigenvalue weighted by molar-refractivity contribution is 0.195. The molecule has 4 N–H and O–H groups in total. The van der Waals surface area contributed by atoms with Crippen molar-refractivity contribution < 1.29 is 5.11 Å². The maximum atomic E-state index is 9.85. The molecule has 0 spiro atoms. The minimum absolute atomic E-state index is 0.392. The lowest BCUT2D eigenvalue weighted by Gasteiger charge is -2.23. The van der Waals surface area contributed by atoms with E-state index in [1.165, 1.54) is 6.21 Å². The molecule has 0 fully saturated rings. The van der Waals surface area contributed by atoms with Gasteiger partial charge < -0.3 is 21.1 Å². The summed E-state index contributed by atoms with van der Waals surface area (Å²) in [6.45, 7) is 9.56. The van der Waals surface area contributed by atoms with Crippen LogP contribution in [-0.2, 0) is 6.42 Å². The molecule has 0 aliphatic rings. The summed E-state index contributed by atoms with van der Waals surface area (Å²) >= 11 is 1.68. The molecule has 36 heavy (non-hydrogen) atoms. The summed E-state index contributed by atoms with van der Waals surface area (Å²) in [7, 11) is 0. The molecular formula is C29H33N5OS. The number of hydrogen-bond donors (Lipinski definition) is 3. The van der Waals surface area contributed by atoms with Crippen LogP contribution in [0.3, 0.4) is 0 Å². The van der Waals surface area contributed by atoms with E-state index in [1.54, 1.807) is 24.3 Å². The second-order valence-electron chi connectivity index (χ2n) is 8.97. The largest absolute Gasteiger partial charge is 0.398 e. The number of aliphatic hydroxyl groups is 1. The molecular weight excluding hydrogens is 466 g/mol. The molecule has 0 saturated heterocycles. The van der Waals surface area contributed by atoms with E-state index in [-0.39, 0.29) is 0 Å². The van der Waals surface area contributed by atoms with Crippen LogP contribution in [0.2, 0.25) is 0 Å². The van der Waals surface area contributed by atoms with Gasteiger partial charge in [0.05, 0.1) is 16.3 Å². The van der Waals surface area contributed by atoms with Crippen LogP contribution < -0.4 is 10.6 Å². The molecule has 1 unspecified atom stereocenters. The van der Waals surface area contributed by atoms with E-state index in [0.717, 1.165) is 63.5 Å². The summed E-state index contributed by atoms with van der Waals surface area (Å²) < 4.78 is 1.03. The lowest BCUT2D eigenvalue weighted by atomic mass is 10.0. The summed E-state index contributed by atoms with van der Waals surface area (Å²) in [5.41, 5.74) is 11.1. The Morgan fingerprint density at radius 3 is 2.69 bits per heavy atom. The lowest BCUT2D eigenvalue weighted by Crippen LogP contribution is -2.26. The first-order valence-corrected chi connectivity index (χ1v) is 13.1. The Morgan fingerprint density at radius 1 is 1.17 bits per heavy atom. The van der Waals surface area contributed by atoms with Gasteiger partial charge in [0, 0.05) is 41.0 Å². The average molecular weight is 500 g/mol. The van der Waals surface area contributed by atoms with Gasteiger partial charge in [-0.15, -0.1) is 17.9 Å². The fourth-order valence-electron chi connectivity index (χ4n) is 4.36. The SMILES string of the molecule is C=CCCN(CCC)c1nc(-c2cccc(N)c2C=N)nc2cc(-c3cccc(CC(C)O)c3)sc12. The number of nitrogen functional groups attached to an aromatic ring is 1. The number of aliphatic hydroxyl groups excluding tert-OH is 1. The topological polar surface area (TPSA) is 99.1 Å². The third-order valence-electron chi connectivity index (χ3n) is 6.02. The van der Waals surface area contributed by atoms with E-state index in [9.17, 15) is 5.11 Å². The van der Waals surface area contributed by atoms with Crippen molar-refractivity contribution in [3.05, 3.63) is 72.3 Å². The highest BCUT2D eigenvalue weighted by molar-refractivity contribution is 7.22. The molecule has 186 valence electrons.